The summed E-state index contributed by atoms with van der Waals surface area (Å²) in [7, 11) is 0. The molecule has 19 heavy (non-hydrogen) atoms. The molecule has 1 aromatic carbocycles. The standard InChI is InChI=1S/C17H18OS/c1-2-12-6-8-13(9-7-12)17(18)14-10-15-4-3-5-16(11-14)19-15/h1,6-9,14-16H,3-5,10-11H2. The molecule has 2 fully saturated rings. The van der Waals surface area contributed by atoms with Crippen LogP contribution in [-0.2, 0) is 0 Å². The summed E-state index contributed by atoms with van der Waals surface area (Å²) in [4.78, 5) is 12.6. The van der Waals surface area contributed by atoms with Gasteiger partial charge in [-0.05, 0) is 37.8 Å². The minimum Gasteiger partial charge on any atom is -0.294 e. The maximum atomic E-state index is 12.6. The molecule has 2 aliphatic rings. The fourth-order valence-electron chi connectivity index (χ4n) is 3.24. The first-order valence-corrected chi connectivity index (χ1v) is 7.97. The monoisotopic (exact) mass is 270 g/mol. The van der Waals surface area contributed by atoms with Gasteiger partial charge in [0, 0.05) is 27.5 Å². The Morgan fingerprint density at radius 3 is 2.37 bits per heavy atom. The SMILES string of the molecule is C#Cc1ccc(C(=O)C2CC3CCCC(C2)S3)cc1. The van der Waals surface area contributed by atoms with Gasteiger partial charge in [0.2, 0.25) is 0 Å². The third kappa shape index (κ3) is 2.72. The summed E-state index contributed by atoms with van der Waals surface area (Å²) >= 11 is 2.12. The largest absolute Gasteiger partial charge is 0.294 e. The van der Waals surface area contributed by atoms with E-state index in [1.54, 1.807) is 0 Å². The van der Waals surface area contributed by atoms with Gasteiger partial charge in [-0.15, -0.1) is 6.42 Å². The van der Waals surface area contributed by atoms with Crippen molar-refractivity contribution in [1.29, 1.82) is 0 Å². The van der Waals surface area contributed by atoms with E-state index in [9.17, 15) is 4.79 Å². The van der Waals surface area contributed by atoms with Crippen molar-refractivity contribution in [3.8, 4) is 12.3 Å². The molecule has 0 amide bonds. The Morgan fingerprint density at radius 1 is 1.16 bits per heavy atom. The minimum atomic E-state index is 0.230. The number of ketones is 1. The highest BCUT2D eigenvalue weighted by atomic mass is 32.2. The molecule has 2 bridgehead atoms. The maximum Gasteiger partial charge on any atom is 0.166 e. The van der Waals surface area contributed by atoms with Crippen molar-refractivity contribution in [2.75, 3.05) is 0 Å². The lowest BCUT2D eigenvalue weighted by Gasteiger charge is -2.37. The van der Waals surface area contributed by atoms with E-state index in [-0.39, 0.29) is 5.92 Å². The molecule has 2 heterocycles. The van der Waals surface area contributed by atoms with Crippen LogP contribution in [0.5, 0.6) is 0 Å². The van der Waals surface area contributed by atoms with Crippen LogP contribution in [0.4, 0.5) is 0 Å². The first-order chi connectivity index (χ1) is 9.26. The summed E-state index contributed by atoms with van der Waals surface area (Å²) in [5.41, 5.74) is 1.67. The molecule has 2 aliphatic heterocycles. The molecule has 2 saturated heterocycles. The molecule has 2 heteroatoms. The van der Waals surface area contributed by atoms with Crippen LogP contribution in [-0.4, -0.2) is 16.3 Å². The molecule has 2 atom stereocenters. The topological polar surface area (TPSA) is 17.1 Å². The molecule has 0 saturated carbocycles. The predicted molar refractivity (Wildman–Crippen MR) is 80.4 cm³/mol. The lowest BCUT2D eigenvalue weighted by molar-refractivity contribution is 0.0896. The fourth-order valence-corrected chi connectivity index (χ4v) is 5.08. The zero-order chi connectivity index (χ0) is 13.2. The predicted octanol–water partition coefficient (Wildman–Crippen LogP) is 3.91. The summed E-state index contributed by atoms with van der Waals surface area (Å²) in [5, 5.41) is 1.43. The second kappa shape index (κ2) is 5.43. The molecular formula is C17H18OS. The van der Waals surface area contributed by atoms with Crippen LogP contribution in [0.15, 0.2) is 24.3 Å². The van der Waals surface area contributed by atoms with Crippen LogP contribution >= 0.6 is 11.8 Å². The number of thioether (sulfide) groups is 1. The van der Waals surface area contributed by atoms with Gasteiger partial charge >= 0.3 is 0 Å². The van der Waals surface area contributed by atoms with Crippen LogP contribution in [0.25, 0.3) is 0 Å². The molecule has 1 aromatic rings. The van der Waals surface area contributed by atoms with Crippen molar-refractivity contribution >= 4 is 17.5 Å². The van der Waals surface area contributed by atoms with Crippen molar-refractivity contribution in [2.24, 2.45) is 5.92 Å². The first-order valence-electron chi connectivity index (χ1n) is 7.02. The average molecular weight is 270 g/mol. The Bertz CT molecular complexity index is 499. The highest BCUT2D eigenvalue weighted by Gasteiger charge is 2.35. The van der Waals surface area contributed by atoms with Gasteiger partial charge in [0.25, 0.3) is 0 Å². The van der Waals surface area contributed by atoms with Gasteiger partial charge in [0.15, 0.2) is 5.78 Å². The molecule has 0 spiro atoms. The third-order valence-corrected chi connectivity index (χ3v) is 5.86. The van der Waals surface area contributed by atoms with Crippen molar-refractivity contribution in [3.05, 3.63) is 35.4 Å². The normalized spacial score (nSPS) is 29.5. The molecule has 2 unspecified atom stereocenters. The van der Waals surface area contributed by atoms with Crippen molar-refractivity contribution < 1.29 is 4.79 Å². The number of benzene rings is 1. The van der Waals surface area contributed by atoms with Gasteiger partial charge in [-0.1, -0.05) is 24.5 Å². The van der Waals surface area contributed by atoms with Gasteiger partial charge in [-0.25, -0.2) is 0 Å². The molecule has 0 N–H and O–H groups in total. The number of hydrogen-bond donors (Lipinski definition) is 0. The molecular weight excluding hydrogens is 252 g/mol. The number of carbonyl (C=O) groups is 1. The van der Waals surface area contributed by atoms with Gasteiger partial charge in [0.1, 0.15) is 0 Å². The third-order valence-electron chi connectivity index (χ3n) is 4.24. The quantitative estimate of drug-likeness (QED) is 0.598. The van der Waals surface area contributed by atoms with Crippen molar-refractivity contribution in [3.63, 3.8) is 0 Å². The van der Waals surface area contributed by atoms with E-state index < -0.39 is 0 Å². The Morgan fingerprint density at radius 2 is 1.79 bits per heavy atom. The number of rotatable bonds is 2. The summed E-state index contributed by atoms with van der Waals surface area (Å²) < 4.78 is 0. The average Bonchev–Trinajstić information content (AvgIpc) is 2.46. The number of carbonyl (C=O) groups excluding carboxylic acids is 1. The lowest BCUT2D eigenvalue weighted by atomic mass is 9.84. The number of hydrogen-bond acceptors (Lipinski definition) is 2. The van der Waals surface area contributed by atoms with Crippen LogP contribution in [0, 0.1) is 18.3 Å². The lowest BCUT2D eigenvalue weighted by Crippen LogP contribution is -2.32. The van der Waals surface area contributed by atoms with Gasteiger partial charge in [-0.2, -0.15) is 11.8 Å². The maximum absolute atomic E-state index is 12.6. The summed E-state index contributed by atoms with van der Waals surface area (Å²) in [5.74, 6) is 3.14. The highest BCUT2D eigenvalue weighted by molar-refractivity contribution is 8.00. The first kappa shape index (κ1) is 12.8. The Labute approximate surface area is 119 Å². The Balaban J connectivity index is 1.74. The molecule has 3 rings (SSSR count). The second-order valence-corrected chi connectivity index (χ2v) is 7.17. The van der Waals surface area contributed by atoms with E-state index in [0.717, 1.165) is 24.0 Å². The van der Waals surface area contributed by atoms with Crippen LogP contribution in [0.3, 0.4) is 0 Å². The van der Waals surface area contributed by atoms with Gasteiger partial charge in [0.05, 0.1) is 0 Å². The van der Waals surface area contributed by atoms with Crippen molar-refractivity contribution in [1.82, 2.24) is 0 Å². The van der Waals surface area contributed by atoms with E-state index in [4.69, 9.17) is 6.42 Å². The summed E-state index contributed by atoms with van der Waals surface area (Å²) in [6.45, 7) is 0. The van der Waals surface area contributed by atoms with Crippen LogP contribution in [0.2, 0.25) is 0 Å². The zero-order valence-corrected chi connectivity index (χ0v) is 11.8. The highest BCUT2D eigenvalue weighted by Crippen LogP contribution is 2.44. The zero-order valence-electron chi connectivity index (χ0n) is 11.0. The number of fused-ring (bicyclic) bond motifs is 2. The van der Waals surface area contributed by atoms with E-state index in [0.29, 0.717) is 16.3 Å². The van der Waals surface area contributed by atoms with Crippen molar-refractivity contribution in [2.45, 2.75) is 42.6 Å². The van der Waals surface area contributed by atoms with E-state index >= 15 is 0 Å². The number of Topliss-reactive ketones (excluding diaryl/α,β-unsaturated/α-hetero) is 1. The van der Waals surface area contributed by atoms with E-state index in [1.165, 1.54) is 19.3 Å². The molecule has 0 aliphatic carbocycles. The van der Waals surface area contributed by atoms with E-state index in [1.807, 2.05) is 24.3 Å². The number of terminal acetylenes is 1. The van der Waals surface area contributed by atoms with Gasteiger partial charge < -0.3 is 0 Å². The molecule has 0 radical (unpaired) electrons. The fraction of sp³-hybridized carbons (Fsp3) is 0.471. The molecule has 1 nitrogen and oxygen atoms in total. The summed E-state index contributed by atoms with van der Waals surface area (Å²) in [6, 6.07) is 7.50. The minimum absolute atomic E-state index is 0.230. The van der Waals surface area contributed by atoms with E-state index in [2.05, 4.69) is 17.7 Å². The Kier molecular flexibility index (Phi) is 3.66. The molecule has 0 aromatic heterocycles. The van der Waals surface area contributed by atoms with Crippen LogP contribution < -0.4 is 0 Å². The second-order valence-electron chi connectivity index (χ2n) is 5.57. The molecule has 98 valence electrons. The smallest absolute Gasteiger partial charge is 0.166 e. The Hall–Kier alpha value is -1.20. The van der Waals surface area contributed by atoms with Crippen LogP contribution in [0.1, 0.15) is 48.0 Å². The summed E-state index contributed by atoms with van der Waals surface area (Å²) in [6.07, 6.45) is 11.4. The van der Waals surface area contributed by atoms with Gasteiger partial charge in [-0.3, -0.25) is 4.79 Å².